The molecule has 1 aliphatic heterocycles. The third-order valence-corrected chi connectivity index (χ3v) is 6.05. The number of fused-ring (bicyclic) bond motifs is 2. The first-order valence-corrected chi connectivity index (χ1v) is 11.0. The molecule has 4 aromatic rings. The van der Waals surface area contributed by atoms with Gasteiger partial charge in [0.25, 0.3) is 0 Å². The monoisotopic (exact) mass is 443 g/mol. The van der Waals surface area contributed by atoms with E-state index in [9.17, 15) is 10.1 Å². The highest BCUT2D eigenvalue weighted by molar-refractivity contribution is 5.71. The number of benzene rings is 2. The molecule has 0 saturated carbocycles. The van der Waals surface area contributed by atoms with Crippen LogP contribution in [-0.4, -0.2) is 32.4 Å². The van der Waals surface area contributed by atoms with E-state index < -0.39 is 4.92 Å². The van der Waals surface area contributed by atoms with Crippen molar-refractivity contribution in [2.75, 3.05) is 18.9 Å². The topological polar surface area (TPSA) is 98.9 Å². The number of imidazole rings is 1. The van der Waals surface area contributed by atoms with Crippen molar-refractivity contribution < 1.29 is 9.66 Å². The number of anilines is 1. The molecule has 0 saturated heterocycles. The fraction of sp³-hybridized carbons (Fsp3) is 0.240. The van der Waals surface area contributed by atoms with Gasteiger partial charge >= 0.3 is 5.69 Å². The number of nitrogens with zero attached hydrogens (tertiary/aromatic N) is 4. The summed E-state index contributed by atoms with van der Waals surface area (Å²) in [5, 5.41) is 11.7. The molecule has 0 unspecified atom stereocenters. The van der Waals surface area contributed by atoms with Crippen LogP contribution in [0.1, 0.15) is 23.7 Å². The minimum Gasteiger partial charge on any atom is -0.487 e. The predicted octanol–water partition coefficient (Wildman–Crippen LogP) is 4.45. The van der Waals surface area contributed by atoms with Gasteiger partial charge in [-0.25, -0.2) is 4.98 Å². The number of ether oxygens (including phenoxy) is 1. The first-order chi connectivity index (χ1) is 16.0. The maximum Gasteiger partial charge on any atom is 0.311 e. The van der Waals surface area contributed by atoms with Gasteiger partial charge in [-0.2, -0.15) is 0 Å². The number of nitro benzene ring substituents is 1. The Labute approximate surface area is 191 Å². The standard InChI is InChI=1S/C25H25N5O3/c1-2-33-23-9-7-18(13-21(23)30(31)32)25-22(29-15-20(26)8-10-24(29)27-25)16-28-12-11-17-5-3-4-6-19(17)14-28/h3-10,13,15H,2,11-12,14,16,26H2,1H3. The molecule has 5 rings (SSSR count). The van der Waals surface area contributed by atoms with Crippen LogP contribution in [0.4, 0.5) is 11.4 Å². The van der Waals surface area contributed by atoms with Crippen LogP contribution in [0.2, 0.25) is 0 Å². The molecule has 0 spiro atoms. The summed E-state index contributed by atoms with van der Waals surface area (Å²) in [7, 11) is 0. The van der Waals surface area contributed by atoms with E-state index in [0.717, 1.165) is 30.9 Å². The highest BCUT2D eigenvalue weighted by atomic mass is 16.6. The zero-order valence-corrected chi connectivity index (χ0v) is 18.4. The minimum absolute atomic E-state index is 0.0660. The Kier molecular flexibility index (Phi) is 5.43. The van der Waals surface area contributed by atoms with Crippen molar-refractivity contribution >= 4 is 17.0 Å². The molecule has 2 aromatic heterocycles. The van der Waals surface area contributed by atoms with Crippen LogP contribution in [0.5, 0.6) is 5.75 Å². The van der Waals surface area contributed by atoms with Gasteiger partial charge in [0.2, 0.25) is 0 Å². The lowest BCUT2D eigenvalue weighted by molar-refractivity contribution is -0.385. The molecule has 0 atom stereocenters. The number of aromatic nitrogens is 2. The van der Waals surface area contributed by atoms with Crippen LogP contribution in [0.3, 0.4) is 0 Å². The normalized spacial score (nSPS) is 13.7. The van der Waals surface area contributed by atoms with Gasteiger partial charge < -0.3 is 14.9 Å². The molecule has 0 bridgehead atoms. The van der Waals surface area contributed by atoms with E-state index in [2.05, 4.69) is 29.2 Å². The average molecular weight is 444 g/mol. The first kappa shape index (κ1) is 21.0. The second-order valence-electron chi connectivity index (χ2n) is 8.20. The lowest BCUT2D eigenvalue weighted by Gasteiger charge is -2.28. The molecule has 3 heterocycles. The quantitative estimate of drug-likeness (QED) is 0.349. The van der Waals surface area contributed by atoms with E-state index in [1.54, 1.807) is 19.1 Å². The van der Waals surface area contributed by atoms with E-state index in [-0.39, 0.29) is 11.4 Å². The van der Waals surface area contributed by atoms with Crippen molar-refractivity contribution in [3.05, 3.63) is 87.7 Å². The smallest absolute Gasteiger partial charge is 0.311 e. The van der Waals surface area contributed by atoms with E-state index in [0.29, 0.717) is 30.1 Å². The molecule has 8 heteroatoms. The van der Waals surface area contributed by atoms with Crippen LogP contribution in [0.25, 0.3) is 16.9 Å². The number of pyridine rings is 1. The largest absolute Gasteiger partial charge is 0.487 e. The summed E-state index contributed by atoms with van der Waals surface area (Å²) < 4.78 is 7.45. The first-order valence-electron chi connectivity index (χ1n) is 11.0. The third kappa shape index (κ3) is 4.01. The average Bonchev–Trinajstić information content (AvgIpc) is 3.16. The summed E-state index contributed by atoms with van der Waals surface area (Å²) in [6.07, 6.45) is 2.85. The summed E-state index contributed by atoms with van der Waals surface area (Å²) in [5.41, 5.74) is 12.5. The Bertz CT molecular complexity index is 1350. The molecule has 33 heavy (non-hydrogen) atoms. The van der Waals surface area contributed by atoms with Gasteiger partial charge in [0.15, 0.2) is 5.75 Å². The predicted molar refractivity (Wildman–Crippen MR) is 127 cm³/mol. The van der Waals surface area contributed by atoms with Gasteiger partial charge in [-0.05, 0) is 48.7 Å². The number of hydrogen-bond donors (Lipinski definition) is 1. The Morgan fingerprint density at radius 3 is 2.76 bits per heavy atom. The van der Waals surface area contributed by atoms with Crippen molar-refractivity contribution in [3.63, 3.8) is 0 Å². The maximum atomic E-state index is 11.7. The Morgan fingerprint density at radius 2 is 1.97 bits per heavy atom. The Balaban J connectivity index is 1.58. The molecule has 0 radical (unpaired) electrons. The zero-order valence-electron chi connectivity index (χ0n) is 18.4. The lowest BCUT2D eigenvalue weighted by atomic mass is 9.99. The van der Waals surface area contributed by atoms with Gasteiger partial charge in [0.1, 0.15) is 5.65 Å². The van der Waals surface area contributed by atoms with Crippen LogP contribution in [0.15, 0.2) is 60.8 Å². The number of rotatable bonds is 6. The highest BCUT2D eigenvalue weighted by Gasteiger charge is 2.23. The number of hydrogen-bond acceptors (Lipinski definition) is 6. The number of nitro groups is 1. The van der Waals surface area contributed by atoms with Crippen molar-refractivity contribution in [2.45, 2.75) is 26.4 Å². The third-order valence-electron chi connectivity index (χ3n) is 6.05. The second-order valence-corrected chi connectivity index (χ2v) is 8.20. The molecule has 2 N–H and O–H groups in total. The molecular weight excluding hydrogens is 418 g/mol. The van der Waals surface area contributed by atoms with E-state index in [4.69, 9.17) is 15.5 Å². The van der Waals surface area contributed by atoms with Gasteiger partial charge in [-0.1, -0.05) is 24.3 Å². The van der Waals surface area contributed by atoms with Gasteiger partial charge in [0.05, 0.1) is 22.9 Å². The molecule has 8 nitrogen and oxygen atoms in total. The highest BCUT2D eigenvalue weighted by Crippen LogP contribution is 2.35. The number of nitrogens with two attached hydrogens (primary N) is 1. The fourth-order valence-corrected chi connectivity index (χ4v) is 4.48. The second kappa shape index (κ2) is 8.55. The molecular formula is C25H25N5O3. The van der Waals surface area contributed by atoms with E-state index in [1.807, 2.05) is 28.8 Å². The van der Waals surface area contributed by atoms with Gasteiger partial charge in [0, 0.05) is 43.1 Å². The summed E-state index contributed by atoms with van der Waals surface area (Å²) in [4.78, 5) is 18.5. The minimum atomic E-state index is -0.413. The van der Waals surface area contributed by atoms with Crippen molar-refractivity contribution in [1.29, 1.82) is 0 Å². The van der Waals surface area contributed by atoms with E-state index >= 15 is 0 Å². The maximum absolute atomic E-state index is 11.7. The molecule has 0 aliphatic carbocycles. The molecule has 0 amide bonds. The Morgan fingerprint density at radius 1 is 1.15 bits per heavy atom. The van der Waals surface area contributed by atoms with Crippen molar-refractivity contribution in [2.24, 2.45) is 0 Å². The summed E-state index contributed by atoms with van der Waals surface area (Å²) in [6.45, 7) is 4.58. The van der Waals surface area contributed by atoms with Crippen molar-refractivity contribution in [3.8, 4) is 17.0 Å². The zero-order chi connectivity index (χ0) is 22.9. The number of nitrogen functional groups attached to an aromatic ring is 1. The SMILES string of the molecule is CCOc1ccc(-c2nc3ccc(N)cn3c2CN2CCc3ccccc3C2)cc1[N+](=O)[O-]. The Hall–Kier alpha value is -3.91. The van der Waals surface area contributed by atoms with Crippen LogP contribution >= 0.6 is 0 Å². The molecule has 1 aliphatic rings. The summed E-state index contributed by atoms with van der Waals surface area (Å²) in [5.74, 6) is 0.258. The molecule has 0 fully saturated rings. The van der Waals surface area contributed by atoms with Crippen LogP contribution < -0.4 is 10.5 Å². The van der Waals surface area contributed by atoms with Crippen LogP contribution in [0, 0.1) is 10.1 Å². The van der Waals surface area contributed by atoms with Gasteiger partial charge in [-0.15, -0.1) is 0 Å². The lowest BCUT2D eigenvalue weighted by Crippen LogP contribution is -2.30. The summed E-state index contributed by atoms with van der Waals surface area (Å²) in [6, 6.07) is 17.2. The fourth-order valence-electron chi connectivity index (χ4n) is 4.48. The van der Waals surface area contributed by atoms with Crippen molar-refractivity contribution in [1.82, 2.24) is 14.3 Å². The van der Waals surface area contributed by atoms with E-state index in [1.165, 1.54) is 11.1 Å². The molecule has 2 aromatic carbocycles. The summed E-state index contributed by atoms with van der Waals surface area (Å²) >= 11 is 0. The van der Waals surface area contributed by atoms with Gasteiger partial charge in [-0.3, -0.25) is 15.0 Å². The van der Waals surface area contributed by atoms with Crippen LogP contribution in [-0.2, 0) is 19.5 Å². The molecule has 168 valence electrons.